The number of halogens is 1. The predicted octanol–water partition coefficient (Wildman–Crippen LogP) is 6.27. The van der Waals surface area contributed by atoms with Crippen molar-refractivity contribution >= 4 is 17.8 Å². The summed E-state index contributed by atoms with van der Waals surface area (Å²) >= 11 is 0. The topological polar surface area (TPSA) is 67.2 Å². The van der Waals surface area contributed by atoms with Gasteiger partial charge in [0.15, 0.2) is 0 Å². The third-order valence-corrected chi connectivity index (χ3v) is 6.32. The monoisotopic (exact) mass is 518 g/mol. The molecule has 0 saturated heterocycles. The lowest BCUT2D eigenvalue weighted by Crippen LogP contribution is -2.38. The van der Waals surface area contributed by atoms with Crippen LogP contribution in [0.25, 0.3) is 16.9 Å². The number of nitrogens with one attached hydrogen (secondary N) is 1. The molecule has 6 nitrogen and oxygen atoms in total. The van der Waals surface area contributed by atoms with E-state index >= 15 is 0 Å². The summed E-state index contributed by atoms with van der Waals surface area (Å²) in [6.45, 7) is 1.75. The Balaban J connectivity index is 1.45. The number of carbonyl (C=O) groups excluding carboxylic acids is 2. The first-order valence-corrected chi connectivity index (χ1v) is 12.6. The molecule has 0 spiro atoms. The zero-order valence-electron chi connectivity index (χ0n) is 21.4. The van der Waals surface area contributed by atoms with E-state index < -0.39 is 5.91 Å². The molecule has 7 heteroatoms. The van der Waals surface area contributed by atoms with Gasteiger partial charge in [-0.25, -0.2) is 9.37 Å². The molecule has 4 aromatic carbocycles. The first-order chi connectivity index (χ1) is 19.0. The van der Waals surface area contributed by atoms with Crippen LogP contribution < -0.4 is 5.32 Å². The summed E-state index contributed by atoms with van der Waals surface area (Å²) in [4.78, 5) is 32.9. The molecule has 1 N–H and O–H groups in total. The maximum Gasteiger partial charge on any atom is 0.254 e. The van der Waals surface area contributed by atoms with Gasteiger partial charge in [-0.2, -0.15) is 0 Å². The fourth-order valence-corrected chi connectivity index (χ4v) is 4.25. The third-order valence-electron chi connectivity index (χ3n) is 6.32. The van der Waals surface area contributed by atoms with Gasteiger partial charge in [-0.1, -0.05) is 84.9 Å². The fraction of sp³-hybridized carbons (Fsp3) is 0.0938. The van der Waals surface area contributed by atoms with Gasteiger partial charge in [0, 0.05) is 23.9 Å². The molecule has 0 unspecified atom stereocenters. The number of carbonyl (C=O) groups is 2. The lowest BCUT2D eigenvalue weighted by molar-refractivity contribution is -0.117. The number of imidazole rings is 1. The Morgan fingerprint density at radius 2 is 1.51 bits per heavy atom. The van der Waals surface area contributed by atoms with Gasteiger partial charge in [-0.15, -0.1) is 0 Å². The van der Waals surface area contributed by atoms with E-state index in [4.69, 9.17) is 0 Å². The van der Waals surface area contributed by atoms with E-state index in [1.165, 1.54) is 11.0 Å². The van der Waals surface area contributed by atoms with E-state index in [1.807, 2.05) is 66.7 Å². The molecule has 0 aliphatic rings. The Bertz CT molecular complexity index is 1590. The molecule has 0 fully saturated rings. The van der Waals surface area contributed by atoms with Crippen molar-refractivity contribution in [2.75, 3.05) is 11.9 Å². The Morgan fingerprint density at radius 3 is 2.18 bits per heavy atom. The van der Waals surface area contributed by atoms with Gasteiger partial charge in [0.25, 0.3) is 5.91 Å². The molecule has 0 bridgehead atoms. The van der Waals surface area contributed by atoms with E-state index in [2.05, 4.69) is 10.3 Å². The molecule has 5 aromatic rings. The van der Waals surface area contributed by atoms with Crippen molar-refractivity contribution < 1.29 is 14.0 Å². The summed E-state index contributed by atoms with van der Waals surface area (Å²) < 4.78 is 16.1. The Morgan fingerprint density at radius 1 is 0.872 bits per heavy atom. The van der Waals surface area contributed by atoms with Gasteiger partial charge >= 0.3 is 0 Å². The molecular weight excluding hydrogens is 491 g/mol. The molecule has 0 atom stereocenters. The highest BCUT2D eigenvalue weighted by molar-refractivity contribution is 5.99. The number of benzene rings is 4. The Hall–Kier alpha value is -5.04. The molecule has 0 saturated carbocycles. The summed E-state index contributed by atoms with van der Waals surface area (Å²) in [5.41, 5.74) is 3.90. The van der Waals surface area contributed by atoms with Crippen molar-refractivity contribution in [1.29, 1.82) is 0 Å². The summed E-state index contributed by atoms with van der Waals surface area (Å²) in [5, 5.41) is 2.85. The molecule has 0 aliphatic heterocycles. The first-order valence-electron chi connectivity index (χ1n) is 12.6. The van der Waals surface area contributed by atoms with Crippen LogP contribution in [-0.4, -0.2) is 32.8 Å². The standard InChI is InChI=1S/C32H27FN4O2/c1-23-17-18-27(19-28(23)33)37-21-29(25-13-7-3-8-14-25)34-32(37)35-30(38)22-36(20-24-11-5-2-6-12-24)31(39)26-15-9-4-10-16-26/h2-19,21H,20,22H2,1H3,(H,34,35,38). The highest BCUT2D eigenvalue weighted by Crippen LogP contribution is 2.25. The summed E-state index contributed by atoms with van der Waals surface area (Å²) in [6, 6.07) is 32.7. The normalized spacial score (nSPS) is 10.7. The van der Waals surface area contributed by atoms with Crippen molar-refractivity contribution in [3.63, 3.8) is 0 Å². The van der Waals surface area contributed by atoms with Crippen LogP contribution in [0.15, 0.2) is 115 Å². The van der Waals surface area contributed by atoms with Crippen molar-refractivity contribution in [1.82, 2.24) is 14.5 Å². The quantitative estimate of drug-likeness (QED) is 0.263. The summed E-state index contributed by atoms with van der Waals surface area (Å²) in [7, 11) is 0. The van der Waals surface area contributed by atoms with E-state index in [-0.39, 0.29) is 30.8 Å². The molecule has 0 radical (unpaired) electrons. The fourth-order valence-electron chi connectivity index (χ4n) is 4.25. The van der Waals surface area contributed by atoms with Gasteiger partial charge in [-0.3, -0.25) is 19.5 Å². The van der Waals surface area contributed by atoms with Crippen molar-refractivity contribution in [3.8, 4) is 16.9 Å². The van der Waals surface area contributed by atoms with Crippen molar-refractivity contribution in [2.24, 2.45) is 0 Å². The number of rotatable bonds is 8. The van der Waals surface area contributed by atoms with E-state index in [0.29, 0.717) is 22.5 Å². The zero-order chi connectivity index (χ0) is 27.2. The van der Waals surface area contributed by atoms with E-state index in [0.717, 1.165) is 11.1 Å². The number of nitrogens with zero attached hydrogens (tertiary/aromatic N) is 3. The summed E-state index contributed by atoms with van der Waals surface area (Å²) in [5.74, 6) is -0.811. The zero-order valence-corrected chi connectivity index (χ0v) is 21.4. The number of anilines is 1. The minimum atomic E-state index is -0.422. The minimum Gasteiger partial charge on any atom is -0.325 e. The van der Waals surface area contributed by atoms with Gasteiger partial charge < -0.3 is 4.90 Å². The molecule has 194 valence electrons. The molecule has 5 rings (SSSR count). The minimum absolute atomic E-state index is 0.196. The second-order valence-electron chi connectivity index (χ2n) is 9.18. The molecule has 1 aromatic heterocycles. The largest absolute Gasteiger partial charge is 0.325 e. The average Bonchev–Trinajstić information content (AvgIpc) is 3.39. The maximum absolute atomic E-state index is 14.5. The molecule has 39 heavy (non-hydrogen) atoms. The molecule has 0 aliphatic carbocycles. The number of amides is 2. The molecular formula is C32H27FN4O2. The Labute approximate surface area is 226 Å². The van der Waals surface area contributed by atoms with Gasteiger partial charge in [0.05, 0.1) is 11.4 Å². The Kier molecular flexibility index (Phi) is 7.59. The van der Waals surface area contributed by atoms with Gasteiger partial charge in [-0.05, 0) is 42.3 Å². The number of aryl methyl sites for hydroxylation is 1. The number of hydrogen-bond acceptors (Lipinski definition) is 3. The maximum atomic E-state index is 14.5. The predicted molar refractivity (Wildman–Crippen MR) is 150 cm³/mol. The third kappa shape index (κ3) is 6.10. The van der Waals surface area contributed by atoms with Crippen molar-refractivity contribution in [3.05, 3.63) is 138 Å². The highest BCUT2D eigenvalue weighted by atomic mass is 19.1. The van der Waals surface area contributed by atoms with Gasteiger partial charge in [0.1, 0.15) is 12.4 Å². The highest BCUT2D eigenvalue weighted by Gasteiger charge is 2.21. The first kappa shape index (κ1) is 25.6. The van der Waals surface area contributed by atoms with E-state index in [1.54, 1.807) is 54.1 Å². The van der Waals surface area contributed by atoms with E-state index in [9.17, 15) is 14.0 Å². The average molecular weight is 519 g/mol. The second-order valence-corrected chi connectivity index (χ2v) is 9.18. The van der Waals surface area contributed by atoms with Gasteiger partial charge in [0.2, 0.25) is 11.9 Å². The van der Waals surface area contributed by atoms with Crippen LogP contribution in [0.4, 0.5) is 10.3 Å². The summed E-state index contributed by atoms with van der Waals surface area (Å²) in [6.07, 6.45) is 1.76. The second kappa shape index (κ2) is 11.6. The van der Waals surface area contributed by atoms with Crippen LogP contribution in [0.1, 0.15) is 21.5 Å². The van der Waals surface area contributed by atoms with Crippen LogP contribution in [0, 0.1) is 12.7 Å². The van der Waals surface area contributed by atoms with Crippen molar-refractivity contribution in [2.45, 2.75) is 13.5 Å². The molecule has 2 amide bonds. The molecule has 1 heterocycles. The van der Waals surface area contributed by atoms with Crippen LogP contribution in [0.3, 0.4) is 0 Å². The number of hydrogen-bond donors (Lipinski definition) is 1. The van der Waals surface area contributed by atoms with Crippen LogP contribution >= 0.6 is 0 Å². The van der Waals surface area contributed by atoms with Crippen LogP contribution in [0.5, 0.6) is 0 Å². The van der Waals surface area contributed by atoms with Crippen LogP contribution in [-0.2, 0) is 11.3 Å². The smallest absolute Gasteiger partial charge is 0.254 e. The van der Waals surface area contributed by atoms with Crippen LogP contribution in [0.2, 0.25) is 0 Å². The number of aromatic nitrogens is 2. The lowest BCUT2D eigenvalue weighted by Gasteiger charge is -2.22. The lowest BCUT2D eigenvalue weighted by atomic mass is 10.1. The SMILES string of the molecule is Cc1ccc(-n2cc(-c3ccccc3)nc2NC(=O)CN(Cc2ccccc2)C(=O)c2ccccc2)cc1F.